The van der Waals surface area contributed by atoms with E-state index in [-0.39, 0.29) is 42.0 Å². The van der Waals surface area contributed by atoms with Gasteiger partial charge in [-0.2, -0.15) is 0 Å². The molecule has 1 heterocycles. The summed E-state index contributed by atoms with van der Waals surface area (Å²) in [6.07, 6.45) is 2.31. The Morgan fingerprint density at radius 2 is 1.80 bits per heavy atom. The number of carbonyl (C=O) groups excluding carboxylic acids is 1. The number of methoxy groups -OCH3 is 1. The Bertz CT molecular complexity index is 665. The molecule has 0 atom stereocenters. The van der Waals surface area contributed by atoms with E-state index in [9.17, 15) is 4.79 Å². The molecule has 8 heteroatoms. The summed E-state index contributed by atoms with van der Waals surface area (Å²) in [5.74, 6) is 2.16. The highest BCUT2D eigenvalue weighted by Crippen LogP contribution is 2.19. The normalized spacial score (nSPS) is 15.8. The van der Waals surface area contributed by atoms with Crippen LogP contribution in [0.1, 0.15) is 39.2 Å². The number of hydrogen-bond donors (Lipinski definition) is 3. The van der Waals surface area contributed by atoms with Crippen LogP contribution in [0.5, 0.6) is 5.75 Å². The number of aliphatic imine (C=N–C) groups is 1. The summed E-state index contributed by atoms with van der Waals surface area (Å²) in [7, 11) is 3.42. The molecule has 1 aliphatic heterocycles. The summed E-state index contributed by atoms with van der Waals surface area (Å²) in [5, 5.41) is 9.39. The van der Waals surface area contributed by atoms with E-state index in [0.29, 0.717) is 11.9 Å². The first-order chi connectivity index (χ1) is 13.8. The molecule has 170 valence electrons. The number of halogens is 1. The Kier molecular flexibility index (Phi) is 11.5. The van der Waals surface area contributed by atoms with Crippen LogP contribution in [0.25, 0.3) is 0 Å². The standard InChI is InChI=1S/C22H37N5O2.HI/c1-22(2,3)26-20(28)15-25-21(23-4)24-14-17-10-12-27(13-11-17)16-18-6-8-19(29-5)9-7-18;/h6-9,17H,10-16H2,1-5H3,(H,26,28)(H2,23,24,25);1H. The Balaban J connectivity index is 0.00000450. The molecule has 0 aliphatic carbocycles. The van der Waals surface area contributed by atoms with Crippen molar-refractivity contribution in [2.75, 3.05) is 40.3 Å². The quantitative estimate of drug-likeness (QED) is 0.287. The second-order valence-corrected chi connectivity index (χ2v) is 8.67. The van der Waals surface area contributed by atoms with Crippen LogP contribution in [0, 0.1) is 5.92 Å². The first-order valence-corrected chi connectivity index (χ1v) is 10.4. The van der Waals surface area contributed by atoms with E-state index < -0.39 is 0 Å². The average molecular weight is 531 g/mol. The zero-order valence-corrected chi connectivity index (χ0v) is 21.3. The van der Waals surface area contributed by atoms with Gasteiger partial charge in [0, 0.05) is 25.7 Å². The number of guanidine groups is 1. The monoisotopic (exact) mass is 531 g/mol. The van der Waals surface area contributed by atoms with Crippen LogP contribution in [0.15, 0.2) is 29.3 Å². The summed E-state index contributed by atoms with van der Waals surface area (Å²) in [6, 6.07) is 8.31. The molecular weight excluding hydrogens is 493 g/mol. The number of ether oxygens (including phenoxy) is 1. The van der Waals surface area contributed by atoms with Crippen LogP contribution in [-0.2, 0) is 11.3 Å². The Hall–Kier alpha value is -1.55. The Morgan fingerprint density at radius 3 is 2.33 bits per heavy atom. The molecule has 1 aromatic carbocycles. The van der Waals surface area contributed by atoms with Gasteiger partial charge in [-0.05, 0) is 70.3 Å². The van der Waals surface area contributed by atoms with E-state index in [1.807, 2.05) is 32.9 Å². The fraction of sp³-hybridized carbons (Fsp3) is 0.636. The van der Waals surface area contributed by atoms with Crippen molar-refractivity contribution in [1.82, 2.24) is 20.9 Å². The zero-order chi connectivity index (χ0) is 21.3. The third kappa shape index (κ3) is 9.97. The van der Waals surface area contributed by atoms with Gasteiger partial charge < -0.3 is 20.7 Å². The molecule has 1 aromatic rings. The van der Waals surface area contributed by atoms with Gasteiger partial charge in [-0.15, -0.1) is 24.0 Å². The molecule has 0 unspecified atom stereocenters. The summed E-state index contributed by atoms with van der Waals surface area (Å²) in [6.45, 7) is 10.2. The summed E-state index contributed by atoms with van der Waals surface area (Å²) in [5.41, 5.74) is 1.09. The Labute approximate surface area is 198 Å². The van der Waals surface area contributed by atoms with Crippen molar-refractivity contribution in [3.63, 3.8) is 0 Å². The van der Waals surface area contributed by atoms with E-state index in [4.69, 9.17) is 4.74 Å². The molecule has 0 aromatic heterocycles. The van der Waals surface area contributed by atoms with Crippen LogP contribution < -0.4 is 20.7 Å². The predicted molar refractivity (Wildman–Crippen MR) is 134 cm³/mol. The number of rotatable bonds is 7. The van der Waals surface area contributed by atoms with Gasteiger partial charge in [-0.3, -0.25) is 14.7 Å². The molecular formula is C22H38IN5O2. The second kappa shape index (κ2) is 13.0. The number of nitrogens with zero attached hydrogens (tertiary/aromatic N) is 2. The molecule has 30 heavy (non-hydrogen) atoms. The molecule has 3 N–H and O–H groups in total. The van der Waals surface area contributed by atoms with Crippen molar-refractivity contribution >= 4 is 35.8 Å². The van der Waals surface area contributed by atoms with Gasteiger partial charge in [0.1, 0.15) is 5.75 Å². The van der Waals surface area contributed by atoms with Crippen LogP contribution in [0.4, 0.5) is 0 Å². The molecule has 1 saturated heterocycles. The number of amides is 1. The minimum atomic E-state index is -0.227. The van der Waals surface area contributed by atoms with Crippen LogP contribution in [0.2, 0.25) is 0 Å². The second-order valence-electron chi connectivity index (χ2n) is 8.67. The molecule has 1 fully saturated rings. The van der Waals surface area contributed by atoms with E-state index in [2.05, 4.69) is 38.0 Å². The van der Waals surface area contributed by atoms with Crippen molar-refractivity contribution in [1.29, 1.82) is 0 Å². The fourth-order valence-corrected chi connectivity index (χ4v) is 3.43. The van der Waals surface area contributed by atoms with Crippen molar-refractivity contribution in [3.8, 4) is 5.75 Å². The maximum Gasteiger partial charge on any atom is 0.239 e. The smallest absolute Gasteiger partial charge is 0.239 e. The maximum absolute atomic E-state index is 11.9. The third-order valence-corrected chi connectivity index (χ3v) is 4.98. The predicted octanol–water partition coefficient (Wildman–Crippen LogP) is 2.60. The third-order valence-electron chi connectivity index (χ3n) is 4.98. The summed E-state index contributed by atoms with van der Waals surface area (Å²) >= 11 is 0. The van der Waals surface area contributed by atoms with Gasteiger partial charge in [0.25, 0.3) is 0 Å². The first kappa shape index (κ1) is 26.5. The molecule has 0 saturated carbocycles. The maximum atomic E-state index is 11.9. The van der Waals surface area contributed by atoms with E-state index >= 15 is 0 Å². The molecule has 1 aliphatic rings. The minimum absolute atomic E-state index is 0. The summed E-state index contributed by atoms with van der Waals surface area (Å²) < 4.78 is 5.22. The lowest BCUT2D eigenvalue weighted by Gasteiger charge is -2.32. The van der Waals surface area contributed by atoms with Gasteiger partial charge in [0.2, 0.25) is 5.91 Å². The molecule has 0 spiro atoms. The highest BCUT2D eigenvalue weighted by molar-refractivity contribution is 14.0. The number of nitrogens with one attached hydrogen (secondary N) is 3. The zero-order valence-electron chi connectivity index (χ0n) is 19.0. The van der Waals surface area contributed by atoms with Crippen molar-refractivity contribution in [3.05, 3.63) is 29.8 Å². The van der Waals surface area contributed by atoms with Crippen molar-refractivity contribution in [2.45, 2.75) is 45.7 Å². The van der Waals surface area contributed by atoms with Crippen LogP contribution in [-0.4, -0.2) is 62.6 Å². The lowest BCUT2D eigenvalue weighted by Crippen LogP contribution is -2.49. The van der Waals surface area contributed by atoms with Gasteiger partial charge in [-0.1, -0.05) is 12.1 Å². The van der Waals surface area contributed by atoms with Crippen molar-refractivity contribution in [2.24, 2.45) is 10.9 Å². The average Bonchev–Trinajstić information content (AvgIpc) is 2.68. The van der Waals surface area contributed by atoms with Gasteiger partial charge in [-0.25, -0.2) is 0 Å². The highest BCUT2D eigenvalue weighted by atomic mass is 127. The van der Waals surface area contributed by atoms with E-state index in [1.54, 1.807) is 14.2 Å². The first-order valence-electron chi connectivity index (χ1n) is 10.4. The largest absolute Gasteiger partial charge is 0.497 e. The molecule has 2 rings (SSSR count). The van der Waals surface area contributed by atoms with E-state index in [0.717, 1.165) is 44.8 Å². The fourth-order valence-electron chi connectivity index (χ4n) is 3.43. The lowest BCUT2D eigenvalue weighted by molar-refractivity contribution is -0.121. The minimum Gasteiger partial charge on any atom is -0.497 e. The Morgan fingerprint density at radius 1 is 1.17 bits per heavy atom. The summed E-state index contributed by atoms with van der Waals surface area (Å²) in [4.78, 5) is 18.7. The topological polar surface area (TPSA) is 78.0 Å². The molecule has 7 nitrogen and oxygen atoms in total. The molecule has 1 amide bonds. The number of piperidine rings is 1. The number of likely N-dealkylation sites (tertiary alicyclic amines) is 1. The van der Waals surface area contributed by atoms with E-state index in [1.165, 1.54) is 5.56 Å². The number of hydrogen-bond acceptors (Lipinski definition) is 4. The van der Waals surface area contributed by atoms with Crippen LogP contribution in [0.3, 0.4) is 0 Å². The molecule has 0 radical (unpaired) electrons. The number of carbonyl (C=O) groups is 1. The van der Waals surface area contributed by atoms with Gasteiger partial charge in [0.05, 0.1) is 13.7 Å². The SMILES string of the molecule is CN=C(NCC(=O)NC(C)(C)C)NCC1CCN(Cc2ccc(OC)cc2)CC1.I. The number of benzene rings is 1. The van der Waals surface area contributed by atoms with Gasteiger partial charge >= 0.3 is 0 Å². The van der Waals surface area contributed by atoms with Crippen molar-refractivity contribution < 1.29 is 9.53 Å². The molecule has 0 bridgehead atoms. The lowest BCUT2D eigenvalue weighted by atomic mass is 9.96. The highest BCUT2D eigenvalue weighted by Gasteiger charge is 2.20. The van der Waals surface area contributed by atoms with Crippen LogP contribution >= 0.6 is 24.0 Å². The van der Waals surface area contributed by atoms with Gasteiger partial charge in [0.15, 0.2) is 5.96 Å².